The van der Waals surface area contributed by atoms with Crippen LogP contribution >= 0.6 is 0 Å². The van der Waals surface area contributed by atoms with Crippen molar-refractivity contribution in [1.29, 1.82) is 0 Å². The van der Waals surface area contributed by atoms with E-state index >= 15 is 0 Å². The number of aliphatic hydroxyl groups excluding tert-OH is 1. The molecule has 0 aromatic heterocycles. The van der Waals surface area contributed by atoms with Gasteiger partial charge in [0, 0.05) is 29.6 Å². The first-order chi connectivity index (χ1) is 9.06. The molecular formula is C13H18FNO3S. The fraction of sp³-hybridized carbons (Fsp3) is 0.462. The molecule has 1 amide bonds. The van der Waals surface area contributed by atoms with Gasteiger partial charge in [0.15, 0.2) is 0 Å². The topological polar surface area (TPSA) is 57.6 Å². The highest BCUT2D eigenvalue weighted by Gasteiger charge is 2.15. The number of nitrogens with zero attached hydrogens (tertiary/aromatic N) is 1. The van der Waals surface area contributed by atoms with Gasteiger partial charge in [0.05, 0.1) is 6.61 Å². The quantitative estimate of drug-likeness (QED) is 0.811. The molecule has 0 saturated heterocycles. The minimum absolute atomic E-state index is 0.100. The van der Waals surface area contributed by atoms with E-state index < -0.39 is 10.8 Å². The molecule has 1 rings (SSSR count). The number of amides is 1. The average Bonchev–Trinajstić information content (AvgIpc) is 2.36. The predicted octanol–water partition coefficient (Wildman–Crippen LogP) is 0.915. The van der Waals surface area contributed by atoms with E-state index in [1.807, 2.05) is 6.92 Å². The minimum Gasteiger partial charge on any atom is -0.395 e. The summed E-state index contributed by atoms with van der Waals surface area (Å²) in [5.74, 6) is -0.601. The number of hydrogen-bond acceptors (Lipinski definition) is 3. The summed E-state index contributed by atoms with van der Waals surface area (Å²) in [6, 6.07) is 6.05. The van der Waals surface area contributed by atoms with E-state index in [9.17, 15) is 13.4 Å². The molecule has 0 fully saturated rings. The standard InChI is InChI=1S/C13H18FNO3S/c1-2-15(13(17)10-19(18)7-6-16)9-11-4-3-5-12(14)8-11/h3-5,8,16H,2,6-7,9-10H2,1H3. The Morgan fingerprint density at radius 3 is 2.79 bits per heavy atom. The second kappa shape index (κ2) is 8.01. The first kappa shape index (κ1) is 15.8. The van der Waals surface area contributed by atoms with Crippen LogP contribution in [0.1, 0.15) is 12.5 Å². The molecule has 106 valence electrons. The van der Waals surface area contributed by atoms with Gasteiger partial charge in [-0.1, -0.05) is 12.1 Å². The van der Waals surface area contributed by atoms with Crippen molar-refractivity contribution in [2.45, 2.75) is 13.5 Å². The average molecular weight is 287 g/mol. The Hall–Kier alpha value is -1.27. The second-order valence-corrected chi connectivity index (χ2v) is 5.63. The Balaban J connectivity index is 2.62. The molecule has 0 heterocycles. The predicted molar refractivity (Wildman–Crippen MR) is 72.5 cm³/mol. The van der Waals surface area contributed by atoms with Crippen molar-refractivity contribution in [3.05, 3.63) is 35.6 Å². The van der Waals surface area contributed by atoms with Crippen LogP contribution in [0.5, 0.6) is 0 Å². The Bertz CT molecular complexity index is 453. The van der Waals surface area contributed by atoms with Crippen LogP contribution in [-0.2, 0) is 22.1 Å². The maximum Gasteiger partial charge on any atom is 0.235 e. The van der Waals surface area contributed by atoms with Crippen molar-refractivity contribution >= 4 is 16.7 Å². The van der Waals surface area contributed by atoms with Gasteiger partial charge in [-0.2, -0.15) is 0 Å². The maximum atomic E-state index is 13.1. The molecule has 0 spiro atoms. The van der Waals surface area contributed by atoms with Crippen molar-refractivity contribution in [1.82, 2.24) is 4.90 Å². The van der Waals surface area contributed by atoms with E-state index in [4.69, 9.17) is 5.11 Å². The van der Waals surface area contributed by atoms with Crippen molar-refractivity contribution in [3.8, 4) is 0 Å². The molecule has 1 aromatic rings. The molecular weight excluding hydrogens is 269 g/mol. The molecule has 1 N–H and O–H groups in total. The molecule has 1 unspecified atom stereocenters. The SMILES string of the molecule is CCN(Cc1cccc(F)c1)C(=O)CS(=O)CCO. The number of carbonyl (C=O) groups is 1. The zero-order valence-corrected chi connectivity index (χ0v) is 11.7. The smallest absolute Gasteiger partial charge is 0.235 e. The number of benzene rings is 1. The third-order valence-corrected chi connectivity index (χ3v) is 3.81. The largest absolute Gasteiger partial charge is 0.395 e. The van der Waals surface area contributed by atoms with E-state index in [0.717, 1.165) is 0 Å². The highest BCUT2D eigenvalue weighted by Crippen LogP contribution is 2.08. The van der Waals surface area contributed by atoms with Crippen molar-refractivity contribution < 1.29 is 18.5 Å². The lowest BCUT2D eigenvalue weighted by Gasteiger charge is -2.20. The van der Waals surface area contributed by atoms with Gasteiger partial charge in [-0.3, -0.25) is 9.00 Å². The van der Waals surface area contributed by atoms with Gasteiger partial charge < -0.3 is 10.0 Å². The van der Waals surface area contributed by atoms with Crippen LogP contribution in [0, 0.1) is 5.82 Å². The van der Waals surface area contributed by atoms with Gasteiger partial charge in [0.2, 0.25) is 5.91 Å². The molecule has 0 aliphatic rings. The Morgan fingerprint density at radius 1 is 1.47 bits per heavy atom. The summed E-state index contributed by atoms with van der Waals surface area (Å²) in [6.45, 7) is 2.37. The first-order valence-corrected chi connectivity index (χ1v) is 7.53. The molecule has 4 nitrogen and oxygen atoms in total. The van der Waals surface area contributed by atoms with Crippen LogP contribution in [0.25, 0.3) is 0 Å². The lowest BCUT2D eigenvalue weighted by molar-refractivity contribution is -0.128. The molecule has 19 heavy (non-hydrogen) atoms. The van der Waals surface area contributed by atoms with Crippen LogP contribution in [0.3, 0.4) is 0 Å². The molecule has 1 atom stereocenters. The molecule has 0 aliphatic carbocycles. The maximum absolute atomic E-state index is 13.1. The van der Waals surface area contributed by atoms with Crippen molar-refractivity contribution in [2.75, 3.05) is 24.7 Å². The minimum atomic E-state index is -1.35. The normalized spacial score (nSPS) is 12.2. The van der Waals surface area contributed by atoms with Crippen molar-refractivity contribution in [3.63, 3.8) is 0 Å². The number of aliphatic hydroxyl groups is 1. The summed E-state index contributed by atoms with van der Waals surface area (Å²) in [6.07, 6.45) is 0. The fourth-order valence-electron chi connectivity index (χ4n) is 1.64. The van der Waals surface area contributed by atoms with Gasteiger partial charge in [0.25, 0.3) is 0 Å². The van der Waals surface area contributed by atoms with Gasteiger partial charge in [-0.15, -0.1) is 0 Å². The number of carbonyl (C=O) groups excluding carboxylic acids is 1. The van der Waals surface area contributed by atoms with Crippen LogP contribution in [0.4, 0.5) is 4.39 Å². The third-order valence-electron chi connectivity index (χ3n) is 2.60. The Morgan fingerprint density at radius 2 is 2.21 bits per heavy atom. The van der Waals surface area contributed by atoms with E-state index in [1.54, 1.807) is 12.1 Å². The van der Waals surface area contributed by atoms with Gasteiger partial charge >= 0.3 is 0 Å². The van der Waals surface area contributed by atoms with Crippen LogP contribution in [0.2, 0.25) is 0 Å². The summed E-state index contributed by atoms with van der Waals surface area (Å²) in [5.41, 5.74) is 0.697. The summed E-state index contributed by atoms with van der Waals surface area (Å²) in [5, 5.41) is 8.65. The zero-order chi connectivity index (χ0) is 14.3. The zero-order valence-electron chi connectivity index (χ0n) is 10.8. The van der Waals surface area contributed by atoms with Crippen LogP contribution in [0.15, 0.2) is 24.3 Å². The highest BCUT2D eigenvalue weighted by molar-refractivity contribution is 7.85. The Labute approximate surface area is 114 Å². The molecule has 1 aromatic carbocycles. The van der Waals surface area contributed by atoms with E-state index in [-0.39, 0.29) is 29.8 Å². The van der Waals surface area contributed by atoms with Gasteiger partial charge in [-0.05, 0) is 24.6 Å². The lowest BCUT2D eigenvalue weighted by Crippen LogP contribution is -2.34. The highest BCUT2D eigenvalue weighted by atomic mass is 32.2. The summed E-state index contributed by atoms with van der Waals surface area (Å²) < 4.78 is 24.5. The first-order valence-electron chi connectivity index (χ1n) is 6.04. The lowest BCUT2D eigenvalue weighted by atomic mass is 10.2. The molecule has 6 heteroatoms. The van der Waals surface area contributed by atoms with E-state index in [0.29, 0.717) is 18.7 Å². The molecule has 0 saturated carbocycles. The van der Waals surface area contributed by atoms with E-state index in [2.05, 4.69) is 0 Å². The summed E-state index contributed by atoms with van der Waals surface area (Å²) in [7, 11) is -1.35. The van der Waals surface area contributed by atoms with Crippen LogP contribution < -0.4 is 0 Å². The fourth-order valence-corrected chi connectivity index (χ4v) is 2.44. The number of halogens is 1. The number of rotatable bonds is 7. The summed E-state index contributed by atoms with van der Waals surface area (Å²) >= 11 is 0. The number of hydrogen-bond donors (Lipinski definition) is 1. The summed E-state index contributed by atoms with van der Waals surface area (Å²) in [4.78, 5) is 13.4. The third kappa shape index (κ3) is 5.48. The molecule has 0 bridgehead atoms. The van der Waals surface area contributed by atoms with Gasteiger partial charge in [-0.25, -0.2) is 4.39 Å². The van der Waals surface area contributed by atoms with E-state index in [1.165, 1.54) is 17.0 Å². The van der Waals surface area contributed by atoms with Gasteiger partial charge in [0.1, 0.15) is 11.6 Å². The second-order valence-electron chi connectivity index (χ2n) is 4.05. The molecule has 0 radical (unpaired) electrons. The monoisotopic (exact) mass is 287 g/mol. The van der Waals surface area contributed by atoms with Crippen LogP contribution in [-0.4, -0.2) is 44.8 Å². The molecule has 0 aliphatic heterocycles. The Kier molecular flexibility index (Phi) is 6.66. The van der Waals surface area contributed by atoms with Crippen molar-refractivity contribution in [2.24, 2.45) is 0 Å².